The van der Waals surface area contributed by atoms with Crippen LogP contribution in [0.2, 0.25) is 0 Å². The van der Waals surface area contributed by atoms with E-state index in [1.54, 1.807) is 42.9 Å². The van der Waals surface area contributed by atoms with E-state index in [1.807, 2.05) is 6.07 Å². The second-order valence-corrected chi connectivity index (χ2v) is 5.80. The molecule has 24 heavy (non-hydrogen) atoms. The number of hydrogen-bond acceptors (Lipinski definition) is 5. The van der Waals surface area contributed by atoms with E-state index in [0.717, 1.165) is 25.7 Å². The van der Waals surface area contributed by atoms with E-state index >= 15 is 0 Å². The third-order valence-corrected chi connectivity index (χ3v) is 4.11. The predicted molar refractivity (Wildman–Crippen MR) is 87.3 cm³/mol. The van der Waals surface area contributed by atoms with Crippen molar-refractivity contribution in [3.05, 3.63) is 54.0 Å². The molecule has 1 aromatic heterocycles. The SMILES string of the molecule is N#Cc1ccc(C(=O)NC2CCC(Oc3cnccn3)CC2)cc1. The minimum Gasteiger partial charge on any atom is -0.473 e. The summed E-state index contributed by atoms with van der Waals surface area (Å²) < 4.78 is 5.80. The maximum Gasteiger partial charge on any atom is 0.251 e. The van der Waals surface area contributed by atoms with Crippen LogP contribution < -0.4 is 10.1 Å². The Morgan fingerprint density at radius 3 is 2.54 bits per heavy atom. The van der Waals surface area contributed by atoms with Crippen LogP contribution in [-0.2, 0) is 0 Å². The number of nitriles is 1. The summed E-state index contributed by atoms with van der Waals surface area (Å²) in [5.41, 5.74) is 1.13. The molecule has 6 heteroatoms. The van der Waals surface area contributed by atoms with Gasteiger partial charge in [0.2, 0.25) is 5.88 Å². The number of rotatable bonds is 4. The summed E-state index contributed by atoms with van der Waals surface area (Å²) in [6.07, 6.45) is 8.42. The summed E-state index contributed by atoms with van der Waals surface area (Å²) in [5.74, 6) is 0.445. The summed E-state index contributed by atoms with van der Waals surface area (Å²) in [6, 6.07) is 8.85. The molecule has 0 aliphatic heterocycles. The molecule has 2 aromatic rings. The molecule has 1 amide bonds. The van der Waals surface area contributed by atoms with Crippen molar-refractivity contribution < 1.29 is 9.53 Å². The van der Waals surface area contributed by atoms with Crippen molar-refractivity contribution in [1.82, 2.24) is 15.3 Å². The first kappa shape index (κ1) is 15.9. The standard InChI is InChI=1S/C18H18N4O2/c19-11-13-1-3-14(4-2-13)18(23)22-15-5-7-16(8-6-15)24-17-12-20-9-10-21-17/h1-4,9-10,12,15-16H,5-8H2,(H,22,23). The number of nitrogens with one attached hydrogen (secondary N) is 1. The monoisotopic (exact) mass is 322 g/mol. The summed E-state index contributed by atoms with van der Waals surface area (Å²) in [6.45, 7) is 0. The molecule has 1 saturated carbocycles. The molecule has 1 aliphatic rings. The lowest BCUT2D eigenvalue weighted by Crippen LogP contribution is -2.39. The average Bonchev–Trinajstić information content (AvgIpc) is 2.64. The Kier molecular flexibility index (Phi) is 5.02. The lowest BCUT2D eigenvalue weighted by Gasteiger charge is -2.29. The van der Waals surface area contributed by atoms with Crippen molar-refractivity contribution >= 4 is 5.91 Å². The minimum absolute atomic E-state index is 0.0993. The van der Waals surface area contributed by atoms with Crippen LogP contribution >= 0.6 is 0 Å². The number of benzene rings is 1. The second kappa shape index (κ2) is 7.55. The number of amides is 1. The van der Waals surface area contributed by atoms with Gasteiger partial charge in [0, 0.05) is 24.0 Å². The Morgan fingerprint density at radius 1 is 1.17 bits per heavy atom. The van der Waals surface area contributed by atoms with Crippen molar-refractivity contribution in [3.8, 4) is 11.9 Å². The number of carbonyl (C=O) groups is 1. The summed E-state index contributed by atoms with van der Waals surface area (Å²) in [4.78, 5) is 20.3. The number of aromatic nitrogens is 2. The highest BCUT2D eigenvalue weighted by Gasteiger charge is 2.24. The van der Waals surface area contributed by atoms with Gasteiger partial charge in [0.05, 0.1) is 17.8 Å². The van der Waals surface area contributed by atoms with Gasteiger partial charge in [-0.05, 0) is 49.9 Å². The molecule has 6 nitrogen and oxygen atoms in total. The van der Waals surface area contributed by atoms with Crippen molar-refractivity contribution in [2.75, 3.05) is 0 Å². The minimum atomic E-state index is -0.0993. The Labute approximate surface area is 140 Å². The second-order valence-electron chi connectivity index (χ2n) is 5.80. The van der Waals surface area contributed by atoms with E-state index in [-0.39, 0.29) is 18.1 Å². The van der Waals surface area contributed by atoms with Crippen LogP contribution in [0.4, 0.5) is 0 Å². The molecule has 3 rings (SSSR count). The maximum atomic E-state index is 12.2. The molecule has 0 saturated heterocycles. The fourth-order valence-corrected chi connectivity index (χ4v) is 2.81. The highest BCUT2D eigenvalue weighted by Crippen LogP contribution is 2.22. The number of carbonyl (C=O) groups excluding carboxylic acids is 1. The molecule has 122 valence electrons. The first-order valence-electron chi connectivity index (χ1n) is 7.98. The molecule has 0 atom stereocenters. The van der Waals surface area contributed by atoms with Crippen molar-refractivity contribution in [3.63, 3.8) is 0 Å². The van der Waals surface area contributed by atoms with E-state index in [0.29, 0.717) is 17.0 Å². The van der Waals surface area contributed by atoms with Gasteiger partial charge < -0.3 is 10.1 Å². The van der Waals surface area contributed by atoms with Gasteiger partial charge in [0.1, 0.15) is 6.10 Å². The fraction of sp³-hybridized carbons (Fsp3) is 0.333. The number of nitrogens with zero attached hydrogens (tertiary/aromatic N) is 3. The highest BCUT2D eigenvalue weighted by atomic mass is 16.5. The molecule has 0 unspecified atom stereocenters. The Balaban J connectivity index is 1.48. The largest absolute Gasteiger partial charge is 0.473 e. The fourth-order valence-electron chi connectivity index (χ4n) is 2.81. The first-order valence-corrected chi connectivity index (χ1v) is 7.98. The van der Waals surface area contributed by atoms with Gasteiger partial charge in [-0.3, -0.25) is 9.78 Å². The third kappa shape index (κ3) is 4.07. The quantitative estimate of drug-likeness (QED) is 0.934. The molecular formula is C18H18N4O2. The summed E-state index contributed by atoms with van der Waals surface area (Å²) >= 11 is 0. The van der Waals surface area contributed by atoms with Crippen molar-refractivity contribution in [1.29, 1.82) is 5.26 Å². The topological polar surface area (TPSA) is 87.9 Å². The highest BCUT2D eigenvalue weighted by molar-refractivity contribution is 5.94. The van der Waals surface area contributed by atoms with Crippen LogP contribution in [0, 0.1) is 11.3 Å². The molecule has 1 N–H and O–H groups in total. The third-order valence-electron chi connectivity index (χ3n) is 4.11. The van der Waals surface area contributed by atoms with E-state index in [1.165, 1.54) is 0 Å². The zero-order valence-corrected chi connectivity index (χ0v) is 13.2. The molecule has 0 radical (unpaired) electrons. The van der Waals surface area contributed by atoms with Crippen LogP contribution in [0.25, 0.3) is 0 Å². The zero-order chi connectivity index (χ0) is 16.8. The average molecular weight is 322 g/mol. The summed E-state index contributed by atoms with van der Waals surface area (Å²) in [5, 5.41) is 11.8. The van der Waals surface area contributed by atoms with Crippen LogP contribution in [0.3, 0.4) is 0 Å². The van der Waals surface area contributed by atoms with Gasteiger partial charge >= 0.3 is 0 Å². The molecule has 1 aliphatic carbocycles. The number of ether oxygens (including phenoxy) is 1. The predicted octanol–water partition coefficient (Wildman–Crippen LogP) is 2.47. The molecular weight excluding hydrogens is 304 g/mol. The van der Waals surface area contributed by atoms with Crippen LogP contribution in [0.15, 0.2) is 42.9 Å². The summed E-state index contributed by atoms with van der Waals surface area (Å²) in [7, 11) is 0. The first-order chi connectivity index (χ1) is 11.7. The zero-order valence-electron chi connectivity index (χ0n) is 13.2. The Morgan fingerprint density at radius 2 is 1.92 bits per heavy atom. The lowest BCUT2D eigenvalue weighted by molar-refractivity contribution is 0.0890. The Bertz CT molecular complexity index is 717. The van der Waals surface area contributed by atoms with Gasteiger partial charge in [-0.25, -0.2) is 4.98 Å². The number of hydrogen-bond donors (Lipinski definition) is 1. The molecule has 0 bridgehead atoms. The maximum absolute atomic E-state index is 12.2. The smallest absolute Gasteiger partial charge is 0.251 e. The molecule has 1 fully saturated rings. The molecule has 1 aromatic carbocycles. The van der Waals surface area contributed by atoms with Crippen LogP contribution in [0.1, 0.15) is 41.6 Å². The molecule has 1 heterocycles. The van der Waals surface area contributed by atoms with Gasteiger partial charge in [0.25, 0.3) is 5.91 Å². The lowest BCUT2D eigenvalue weighted by atomic mass is 9.92. The van der Waals surface area contributed by atoms with E-state index < -0.39 is 0 Å². The van der Waals surface area contributed by atoms with Gasteiger partial charge in [-0.15, -0.1) is 0 Å². The van der Waals surface area contributed by atoms with E-state index in [2.05, 4.69) is 15.3 Å². The van der Waals surface area contributed by atoms with Gasteiger partial charge in [0.15, 0.2) is 0 Å². The van der Waals surface area contributed by atoms with E-state index in [4.69, 9.17) is 10.00 Å². The van der Waals surface area contributed by atoms with Crippen LogP contribution in [-0.4, -0.2) is 28.0 Å². The van der Waals surface area contributed by atoms with Gasteiger partial charge in [-0.1, -0.05) is 0 Å². The van der Waals surface area contributed by atoms with Crippen molar-refractivity contribution in [2.45, 2.75) is 37.8 Å². The normalized spacial score (nSPS) is 20.0. The molecule has 0 spiro atoms. The van der Waals surface area contributed by atoms with E-state index in [9.17, 15) is 4.79 Å². The van der Waals surface area contributed by atoms with Crippen LogP contribution in [0.5, 0.6) is 5.88 Å². The van der Waals surface area contributed by atoms with Crippen molar-refractivity contribution in [2.24, 2.45) is 0 Å². The Hall–Kier alpha value is -2.94. The van der Waals surface area contributed by atoms with Gasteiger partial charge in [-0.2, -0.15) is 5.26 Å².